The maximum absolute atomic E-state index is 13.0. The van der Waals surface area contributed by atoms with Crippen LogP contribution in [0.2, 0.25) is 0 Å². The standard InChI is InChI=1S/C20H26N2O3S/c1-16(2)25-20-10-9-19(15-17(20)3)26(23,24)22-13-11-21(12-14-22)18-7-5-4-6-8-18/h4-10,15-16H,11-14H2,1-3H3. The zero-order valence-corrected chi connectivity index (χ0v) is 16.4. The summed E-state index contributed by atoms with van der Waals surface area (Å²) in [7, 11) is -3.48. The van der Waals surface area contributed by atoms with Crippen LogP contribution < -0.4 is 9.64 Å². The van der Waals surface area contributed by atoms with Gasteiger partial charge >= 0.3 is 0 Å². The topological polar surface area (TPSA) is 49.9 Å². The Labute approximate surface area is 156 Å². The second kappa shape index (κ2) is 7.68. The zero-order valence-electron chi connectivity index (χ0n) is 15.6. The second-order valence-electron chi connectivity index (χ2n) is 6.82. The number of nitrogens with zero attached hydrogens (tertiary/aromatic N) is 2. The highest BCUT2D eigenvalue weighted by molar-refractivity contribution is 7.89. The van der Waals surface area contributed by atoms with Crippen LogP contribution in [-0.2, 0) is 10.0 Å². The van der Waals surface area contributed by atoms with Gasteiger partial charge < -0.3 is 9.64 Å². The Morgan fingerprint density at radius 2 is 1.62 bits per heavy atom. The van der Waals surface area contributed by atoms with E-state index in [4.69, 9.17) is 4.74 Å². The third-order valence-electron chi connectivity index (χ3n) is 4.51. The van der Waals surface area contributed by atoms with E-state index < -0.39 is 10.0 Å². The van der Waals surface area contributed by atoms with E-state index in [0.717, 1.165) is 17.0 Å². The molecule has 0 aromatic heterocycles. The van der Waals surface area contributed by atoms with E-state index in [-0.39, 0.29) is 6.10 Å². The highest BCUT2D eigenvalue weighted by Crippen LogP contribution is 2.26. The third kappa shape index (κ3) is 4.02. The lowest BCUT2D eigenvalue weighted by Crippen LogP contribution is -2.48. The van der Waals surface area contributed by atoms with Crippen LogP contribution in [0.1, 0.15) is 19.4 Å². The number of piperazine rings is 1. The van der Waals surface area contributed by atoms with E-state index in [1.54, 1.807) is 22.5 Å². The number of para-hydroxylation sites is 1. The van der Waals surface area contributed by atoms with Crippen molar-refractivity contribution in [3.05, 3.63) is 54.1 Å². The molecule has 0 aliphatic carbocycles. The average molecular weight is 375 g/mol. The van der Waals surface area contributed by atoms with E-state index >= 15 is 0 Å². The molecule has 140 valence electrons. The molecule has 6 heteroatoms. The summed E-state index contributed by atoms with van der Waals surface area (Å²) >= 11 is 0. The Bertz CT molecular complexity index is 843. The van der Waals surface area contributed by atoms with Gasteiger partial charge in [0.05, 0.1) is 11.0 Å². The Balaban J connectivity index is 1.72. The summed E-state index contributed by atoms with van der Waals surface area (Å²) in [6, 6.07) is 15.2. The van der Waals surface area contributed by atoms with Crippen LogP contribution in [0.4, 0.5) is 5.69 Å². The highest BCUT2D eigenvalue weighted by Gasteiger charge is 2.29. The molecule has 2 aromatic rings. The van der Waals surface area contributed by atoms with Crippen molar-refractivity contribution >= 4 is 15.7 Å². The molecule has 1 aliphatic heterocycles. The Morgan fingerprint density at radius 3 is 2.19 bits per heavy atom. The van der Waals surface area contributed by atoms with E-state index in [9.17, 15) is 8.42 Å². The van der Waals surface area contributed by atoms with Gasteiger partial charge in [-0.05, 0) is 56.7 Å². The Kier molecular flexibility index (Phi) is 5.53. The molecule has 0 spiro atoms. The molecule has 1 fully saturated rings. The minimum Gasteiger partial charge on any atom is -0.491 e. The summed E-state index contributed by atoms with van der Waals surface area (Å²) in [6.45, 7) is 8.14. The van der Waals surface area contributed by atoms with E-state index in [0.29, 0.717) is 31.1 Å². The maximum Gasteiger partial charge on any atom is 0.243 e. The lowest BCUT2D eigenvalue weighted by Gasteiger charge is -2.35. The number of ether oxygens (including phenoxy) is 1. The van der Waals surface area contributed by atoms with Gasteiger partial charge in [-0.2, -0.15) is 4.31 Å². The first kappa shape index (κ1) is 18.7. The van der Waals surface area contributed by atoms with Crippen LogP contribution in [-0.4, -0.2) is 45.0 Å². The van der Waals surface area contributed by atoms with Crippen molar-refractivity contribution in [1.29, 1.82) is 0 Å². The highest BCUT2D eigenvalue weighted by atomic mass is 32.2. The van der Waals surface area contributed by atoms with Gasteiger partial charge in [0.2, 0.25) is 10.0 Å². The van der Waals surface area contributed by atoms with Gasteiger partial charge in [0.25, 0.3) is 0 Å². The fourth-order valence-corrected chi connectivity index (χ4v) is 4.65. The van der Waals surface area contributed by atoms with Crippen molar-refractivity contribution in [1.82, 2.24) is 4.31 Å². The van der Waals surface area contributed by atoms with Crippen LogP contribution in [0, 0.1) is 6.92 Å². The summed E-state index contributed by atoms with van der Waals surface area (Å²) in [4.78, 5) is 2.55. The fourth-order valence-electron chi connectivity index (χ4n) is 3.14. The lowest BCUT2D eigenvalue weighted by molar-refractivity contribution is 0.240. The first-order valence-electron chi connectivity index (χ1n) is 8.95. The fraction of sp³-hybridized carbons (Fsp3) is 0.400. The van der Waals surface area contributed by atoms with Gasteiger partial charge in [-0.1, -0.05) is 18.2 Å². The number of rotatable bonds is 5. The molecular formula is C20H26N2O3S. The number of aryl methyl sites for hydroxylation is 1. The second-order valence-corrected chi connectivity index (χ2v) is 8.76. The average Bonchev–Trinajstić information content (AvgIpc) is 2.64. The molecule has 5 nitrogen and oxygen atoms in total. The number of sulfonamides is 1. The quantitative estimate of drug-likeness (QED) is 0.806. The number of anilines is 1. The molecule has 26 heavy (non-hydrogen) atoms. The van der Waals surface area contributed by atoms with Crippen LogP contribution in [0.25, 0.3) is 0 Å². The first-order chi connectivity index (χ1) is 12.4. The van der Waals surface area contributed by atoms with Gasteiger partial charge in [0.15, 0.2) is 0 Å². The maximum atomic E-state index is 13.0. The minimum absolute atomic E-state index is 0.0576. The summed E-state index contributed by atoms with van der Waals surface area (Å²) in [5.74, 6) is 0.729. The Hall–Kier alpha value is -2.05. The van der Waals surface area contributed by atoms with Crippen molar-refractivity contribution in [2.24, 2.45) is 0 Å². The Morgan fingerprint density at radius 1 is 0.962 bits per heavy atom. The van der Waals surface area contributed by atoms with Crippen molar-refractivity contribution in [2.75, 3.05) is 31.1 Å². The van der Waals surface area contributed by atoms with Crippen molar-refractivity contribution in [3.8, 4) is 5.75 Å². The van der Waals surface area contributed by atoms with Crippen molar-refractivity contribution < 1.29 is 13.2 Å². The summed E-state index contributed by atoms with van der Waals surface area (Å²) in [5.41, 5.74) is 1.97. The van der Waals surface area contributed by atoms with E-state index in [1.807, 2.05) is 39.0 Å². The van der Waals surface area contributed by atoms with E-state index in [1.165, 1.54) is 0 Å². The molecule has 1 heterocycles. The molecule has 0 saturated carbocycles. The van der Waals surface area contributed by atoms with Gasteiger partial charge in [-0.15, -0.1) is 0 Å². The van der Waals surface area contributed by atoms with Crippen LogP contribution in [0.15, 0.2) is 53.4 Å². The molecule has 1 saturated heterocycles. The van der Waals surface area contributed by atoms with Crippen LogP contribution in [0.5, 0.6) is 5.75 Å². The molecule has 1 aliphatic rings. The zero-order chi connectivity index (χ0) is 18.7. The number of hydrogen-bond donors (Lipinski definition) is 0. The molecule has 0 unspecified atom stereocenters. The van der Waals surface area contributed by atoms with Crippen molar-refractivity contribution in [3.63, 3.8) is 0 Å². The first-order valence-corrected chi connectivity index (χ1v) is 10.4. The monoisotopic (exact) mass is 374 g/mol. The SMILES string of the molecule is Cc1cc(S(=O)(=O)N2CCN(c3ccccc3)CC2)ccc1OC(C)C. The van der Waals surface area contributed by atoms with Crippen LogP contribution >= 0.6 is 0 Å². The molecule has 0 radical (unpaired) electrons. The third-order valence-corrected chi connectivity index (χ3v) is 6.40. The van der Waals surface area contributed by atoms with Crippen LogP contribution in [0.3, 0.4) is 0 Å². The molecule has 0 amide bonds. The molecule has 2 aromatic carbocycles. The molecular weight excluding hydrogens is 348 g/mol. The predicted molar refractivity (Wildman–Crippen MR) is 104 cm³/mol. The van der Waals surface area contributed by atoms with Gasteiger partial charge in [-0.25, -0.2) is 8.42 Å². The summed E-state index contributed by atoms with van der Waals surface area (Å²) < 4.78 is 33.2. The summed E-state index contributed by atoms with van der Waals surface area (Å²) in [5, 5.41) is 0. The van der Waals surface area contributed by atoms with Gasteiger partial charge in [-0.3, -0.25) is 0 Å². The van der Waals surface area contributed by atoms with Crippen molar-refractivity contribution in [2.45, 2.75) is 31.8 Å². The normalized spacial score (nSPS) is 16.1. The molecule has 0 atom stereocenters. The number of benzene rings is 2. The largest absolute Gasteiger partial charge is 0.491 e. The predicted octanol–water partition coefficient (Wildman–Crippen LogP) is 3.29. The molecule has 0 N–H and O–H groups in total. The number of hydrogen-bond acceptors (Lipinski definition) is 4. The van der Waals surface area contributed by atoms with Gasteiger partial charge in [0, 0.05) is 31.9 Å². The minimum atomic E-state index is -3.48. The van der Waals surface area contributed by atoms with E-state index in [2.05, 4.69) is 17.0 Å². The molecule has 3 rings (SSSR count). The molecule has 0 bridgehead atoms. The van der Waals surface area contributed by atoms with Gasteiger partial charge in [0.1, 0.15) is 5.75 Å². The lowest BCUT2D eigenvalue weighted by atomic mass is 10.2. The smallest absolute Gasteiger partial charge is 0.243 e. The summed E-state index contributed by atoms with van der Waals surface area (Å²) in [6.07, 6.45) is 0.0576.